The van der Waals surface area contributed by atoms with Crippen molar-refractivity contribution >= 4 is 17.0 Å². The number of hydrogen-bond donors (Lipinski definition) is 1. The summed E-state index contributed by atoms with van der Waals surface area (Å²) in [6, 6.07) is 0.789. The molecule has 21 heavy (non-hydrogen) atoms. The van der Waals surface area contributed by atoms with Crippen molar-refractivity contribution in [2.24, 2.45) is 5.92 Å². The van der Waals surface area contributed by atoms with Crippen LogP contribution in [0.3, 0.4) is 0 Å². The molecule has 1 N–H and O–H groups in total. The fourth-order valence-corrected chi connectivity index (χ4v) is 2.41. The van der Waals surface area contributed by atoms with Crippen LogP contribution in [0.5, 0.6) is 0 Å². The van der Waals surface area contributed by atoms with Crippen molar-refractivity contribution in [3.8, 4) is 0 Å². The van der Waals surface area contributed by atoms with Gasteiger partial charge in [0.1, 0.15) is 5.69 Å². The lowest BCUT2D eigenvalue weighted by atomic mass is 9.91. The predicted molar refractivity (Wildman–Crippen MR) is 63.4 cm³/mol. The third-order valence-electron chi connectivity index (χ3n) is 3.45. The van der Waals surface area contributed by atoms with Crippen LogP contribution < -0.4 is 0 Å². The number of nitrogens with one attached hydrogen (secondary N) is 1. The fourth-order valence-electron chi connectivity index (χ4n) is 2.41. The number of H-pyrrole nitrogens is 1. The first-order valence-electron chi connectivity index (χ1n) is 5.99. The Bertz CT molecular complexity index is 723. The number of nitrogens with zero attached hydrogens (tertiary/aromatic N) is 1. The van der Waals surface area contributed by atoms with Gasteiger partial charge in [0, 0.05) is 11.1 Å². The van der Waals surface area contributed by atoms with Crippen molar-refractivity contribution in [1.29, 1.82) is 0 Å². The lowest BCUT2D eigenvalue weighted by Gasteiger charge is -2.20. The van der Waals surface area contributed by atoms with Crippen LogP contribution in [0.4, 0.5) is 26.3 Å². The van der Waals surface area contributed by atoms with E-state index in [0.717, 1.165) is 18.3 Å². The second kappa shape index (κ2) is 4.25. The molecule has 0 aromatic carbocycles. The summed E-state index contributed by atoms with van der Waals surface area (Å²) in [5.74, 6) is -1.69. The summed E-state index contributed by atoms with van der Waals surface area (Å²) in [4.78, 5) is 6.07. The Labute approximate surface area is 114 Å². The molecule has 0 aliphatic heterocycles. The van der Waals surface area contributed by atoms with E-state index in [4.69, 9.17) is 0 Å². The van der Waals surface area contributed by atoms with Crippen LogP contribution in [0.2, 0.25) is 0 Å². The van der Waals surface area contributed by atoms with Crippen molar-refractivity contribution in [1.82, 2.24) is 9.97 Å². The lowest BCUT2D eigenvalue weighted by molar-refractivity contribution is -0.160. The summed E-state index contributed by atoms with van der Waals surface area (Å²) >= 11 is 0. The third kappa shape index (κ3) is 2.38. The first-order chi connectivity index (χ1) is 9.66. The largest absolute Gasteiger partial charge is 0.433 e. The van der Waals surface area contributed by atoms with Gasteiger partial charge in [-0.25, -0.2) is 4.98 Å². The number of fused-ring (bicyclic) bond motifs is 3. The molecule has 3 rings (SSSR count). The highest BCUT2D eigenvalue weighted by Gasteiger charge is 2.40. The van der Waals surface area contributed by atoms with Crippen molar-refractivity contribution < 1.29 is 26.3 Å². The number of rotatable bonds is 0. The summed E-state index contributed by atoms with van der Waals surface area (Å²) in [6.45, 7) is 0. The normalized spacial score (nSPS) is 19.0. The summed E-state index contributed by atoms with van der Waals surface area (Å²) in [5.41, 5.74) is -0.190. The zero-order valence-electron chi connectivity index (χ0n) is 10.3. The number of pyridine rings is 1. The molecule has 8 heteroatoms. The number of allylic oxidation sites excluding steroid dienone is 1. The number of halogens is 6. The molecule has 0 spiro atoms. The molecule has 2 aromatic rings. The molecule has 0 fully saturated rings. The molecule has 0 bridgehead atoms. The minimum Gasteiger partial charge on any atom is -0.354 e. The second-order valence-electron chi connectivity index (χ2n) is 4.84. The van der Waals surface area contributed by atoms with Crippen LogP contribution >= 0.6 is 0 Å². The molecule has 2 aromatic heterocycles. The molecule has 0 saturated heterocycles. The Kier molecular flexibility index (Phi) is 2.83. The molecule has 0 radical (unpaired) electrons. The van der Waals surface area contributed by atoms with E-state index in [1.807, 2.05) is 0 Å². The number of hydrogen-bond acceptors (Lipinski definition) is 1. The number of aromatic nitrogens is 2. The number of aromatic amines is 1. The SMILES string of the molecule is FC(F)(F)c1cc2c3c([nH]c2cn1)C=CC(C(F)(F)F)C3. The molecule has 112 valence electrons. The van der Waals surface area contributed by atoms with Crippen molar-refractivity contribution in [2.45, 2.75) is 18.8 Å². The highest BCUT2D eigenvalue weighted by atomic mass is 19.4. The van der Waals surface area contributed by atoms with Gasteiger partial charge >= 0.3 is 12.4 Å². The maximum absolute atomic E-state index is 12.8. The molecule has 2 nitrogen and oxygen atoms in total. The third-order valence-corrected chi connectivity index (χ3v) is 3.45. The molecular formula is C13H8F6N2. The van der Waals surface area contributed by atoms with Gasteiger partial charge in [0.15, 0.2) is 0 Å². The molecule has 0 amide bonds. The number of alkyl halides is 6. The molecule has 0 saturated carbocycles. The highest BCUT2D eigenvalue weighted by Crippen LogP contribution is 2.38. The minimum atomic E-state index is -4.63. The van der Waals surface area contributed by atoms with E-state index in [9.17, 15) is 26.3 Å². The first-order valence-corrected chi connectivity index (χ1v) is 5.99. The van der Waals surface area contributed by atoms with Gasteiger partial charge in [0.05, 0.1) is 17.6 Å². The molecule has 1 aliphatic rings. The monoisotopic (exact) mass is 306 g/mol. The fraction of sp³-hybridized carbons (Fsp3) is 0.308. The average Bonchev–Trinajstić information content (AvgIpc) is 2.73. The van der Waals surface area contributed by atoms with Gasteiger partial charge in [0.2, 0.25) is 0 Å². The molecule has 1 aliphatic carbocycles. The molecule has 1 atom stereocenters. The maximum atomic E-state index is 12.8. The Hall–Kier alpha value is -1.99. The van der Waals surface area contributed by atoms with E-state index in [0.29, 0.717) is 11.2 Å². The topological polar surface area (TPSA) is 28.7 Å². The van der Waals surface area contributed by atoms with Crippen molar-refractivity contribution in [2.75, 3.05) is 0 Å². The second-order valence-corrected chi connectivity index (χ2v) is 4.84. The summed E-state index contributed by atoms with van der Waals surface area (Å²) < 4.78 is 76.2. The van der Waals surface area contributed by atoms with Crippen LogP contribution in [0.1, 0.15) is 17.0 Å². The van der Waals surface area contributed by atoms with Crippen LogP contribution in [-0.2, 0) is 12.6 Å². The van der Waals surface area contributed by atoms with Gasteiger partial charge in [-0.05, 0) is 24.1 Å². The smallest absolute Gasteiger partial charge is 0.354 e. The maximum Gasteiger partial charge on any atom is 0.433 e. The van der Waals surface area contributed by atoms with E-state index in [1.54, 1.807) is 0 Å². The van der Waals surface area contributed by atoms with Crippen LogP contribution in [0.15, 0.2) is 18.3 Å². The Morgan fingerprint density at radius 2 is 1.86 bits per heavy atom. The quantitative estimate of drug-likeness (QED) is 0.721. The van der Waals surface area contributed by atoms with Gasteiger partial charge in [-0.1, -0.05) is 6.08 Å². The molecular weight excluding hydrogens is 298 g/mol. The van der Waals surface area contributed by atoms with E-state index < -0.39 is 24.0 Å². The first kappa shape index (κ1) is 14.0. The predicted octanol–water partition coefficient (Wildman–Crippen LogP) is 4.33. The van der Waals surface area contributed by atoms with Crippen LogP contribution in [0, 0.1) is 5.92 Å². The van der Waals surface area contributed by atoms with E-state index in [1.165, 1.54) is 6.08 Å². The van der Waals surface area contributed by atoms with Gasteiger partial charge in [-0.15, -0.1) is 0 Å². The zero-order valence-corrected chi connectivity index (χ0v) is 10.3. The standard InChI is InChI=1S/C13H8F6N2/c14-12(15,16)6-1-2-9-7(3-6)8-4-11(13(17,18)19)20-5-10(8)21-9/h1-2,4-6,21H,3H2. The Morgan fingerprint density at radius 1 is 1.14 bits per heavy atom. The molecule has 2 heterocycles. The van der Waals surface area contributed by atoms with E-state index in [2.05, 4.69) is 9.97 Å². The lowest BCUT2D eigenvalue weighted by Crippen LogP contribution is -2.24. The van der Waals surface area contributed by atoms with Gasteiger partial charge in [0.25, 0.3) is 0 Å². The highest BCUT2D eigenvalue weighted by molar-refractivity contribution is 5.87. The van der Waals surface area contributed by atoms with E-state index >= 15 is 0 Å². The van der Waals surface area contributed by atoms with Crippen molar-refractivity contribution in [3.05, 3.63) is 35.3 Å². The Balaban J connectivity index is 2.12. The summed E-state index contributed by atoms with van der Waals surface area (Å²) in [5, 5.41) is 0.130. The Morgan fingerprint density at radius 3 is 2.48 bits per heavy atom. The van der Waals surface area contributed by atoms with E-state index in [-0.39, 0.29) is 17.4 Å². The van der Waals surface area contributed by atoms with Gasteiger partial charge in [-0.2, -0.15) is 26.3 Å². The average molecular weight is 306 g/mol. The van der Waals surface area contributed by atoms with Gasteiger partial charge < -0.3 is 4.98 Å². The molecule has 1 unspecified atom stereocenters. The van der Waals surface area contributed by atoms with Crippen LogP contribution in [0.25, 0.3) is 17.0 Å². The van der Waals surface area contributed by atoms with Gasteiger partial charge in [-0.3, -0.25) is 0 Å². The van der Waals surface area contributed by atoms with Crippen LogP contribution in [-0.4, -0.2) is 16.1 Å². The van der Waals surface area contributed by atoms with Crippen molar-refractivity contribution in [3.63, 3.8) is 0 Å². The zero-order chi connectivity index (χ0) is 15.4. The summed E-state index contributed by atoms with van der Waals surface area (Å²) in [7, 11) is 0. The summed E-state index contributed by atoms with van der Waals surface area (Å²) in [6.07, 6.45) is -6.17. The minimum absolute atomic E-state index is 0.130.